The minimum Gasteiger partial charge on any atom is -0.463 e. The number of hydrogen-bond acceptors (Lipinski definition) is 6. The van der Waals surface area contributed by atoms with E-state index in [-0.39, 0.29) is 12.2 Å². The zero-order valence-electron chi connectivity index (χ0n) is 24.0. The second kappa shape index (κ2) is 10.8. The number of anilines is 1. The Morgan fingerprint density at radius 1 is 1.05 bits per heavy atom. The average Bonchev–Trinajstić information content (AvgIpc) is 3.38. The molecule has 0 spiro atoms. The summed E-state index contributed by atoms with van der Waals surface area (Å²) in [6, 6.07) is 17.8. The van der Waals surface area contributed by atoms with Crippen molar-refractivity contribution in [1.82, 2.24) is 9.13 Å². The smallest absolute Gasteiger partial charge is 0.338 e. The average molecular weight is 555 g/mol. The van der Waals surface area contributed by atoms with E-state index in [4.69, 9.17) is 9.73 Å². The normalized spacial score (nSPS) is 15.2. The number of aromatic nitrogens is 2. The minimum atomic E-state index is -0.631. The summed E-state index contributed by atoms with van der Waals surface area (Å²) >= 11 is 1.34. The molecule has 2 aromatic carbocycles. The van der Waals surface area contributed by atoms with Crippen molar-refractivity contribution in [3.05, 3.63) is 114 Å². The minimum absolute atomic E-state index is 0.181. The Kier molecular flexibility index (Phi) is 7.38. The van der Waals surface area contributed by atoms with Crippen LogP contribution in [-0.4, -0.2) is 35.8 Å². The highest BCUT2D eigenvalue weighted by Crippen LogP contribution is 2.31. The van der Waals surface area contributed by atoms with Crippen molar-refractivity contribution in [1.29, 1.82) is 0 Å². The number of ether oxygens (including phenoxy) is 1. The molecule has 1 atom stereocenters. The van der Waals surface area contributed by atoms with Gasteiger partial charge >= 0.3 is 5.97 Å². The van der Waals surface area contributed by atoms with Crippen molar-refractivity contribution in [2.45, 2.75) is 40.7 Å². The van der Waals surface area contributed by atoms with E-state index in [1.807, 2.05) is 49.3 Å². The van der Waals surface area contributed by atoms with E-state index in [2.05, 4.69) is 55.7 Å². The second-order valence-corrected chi connectivity index (χ2v) is 11.3. The summed E-state index contributed by atoms with van der Waals surface area (Å²) in [7, 11) is 3.95. The van der Waals surface area contributed by atoms with Crippen molar-refractivity contribution < 1.29 is 9.53 Å². The molecule has 206 valence electrons. The van der Waals surface area contributed by atoms with Gasteiger partial charge in [0.05, 0.1) is 28.5 Å². The van der Waals surface area contributed by atoms with Gasteiger partial charge < -0.3 is 14.2 Å². The monoisotopic (exact) mass is 554 g/mol. The fourth-order valence-corrected chi connectivity index (χ4v) is 6.27. The molecule has 8 heteroatoms. The van der Waals surface area contributed by atoms with Crippen LogP contribution in [0, 0.1) is 20.8 Å². The largest absolute Gasteiger partial charge is 0.463 e. The SMILES string of the molecule is CCOC(=O)C1=C(C)N=c2s/c(=C/c3cc(C)n(-c4ccc(C)cc4)c3C)c(=O)n2[C@H]1c1ccc(N(C)C)cc1. The van der Waals surface area contributed by atoms with Crippen LogP contribution in [0.2, 0.25) is 0 Å². The van der Waals surface area contributed by atoms with Crippen molar-refractivity contribution in [2.24, 2.45) is 4.99 Å². The molecule has 0 N–H and O–H groups in total. The van der Waals surface area contributed by atoms with Gasteiger partial charge in [0.15, 0.2) is 4.80 Å². The number of thiazole rings is 1. The lowest BCUT2D eigenvalue weighted by molar-refractivity contribution is -0.139. The lowest BCUT2D eigenvalue weighted by Crippen LogP contribution is -2.40. The number of esters is 1. The third-order valence-corrected chi connectivity index (χ3v) is 8.27. The molecule has 0 amide bonds. The van der Waals surface area contributed by atoms with Crippen LogP contribution in [0.15, 0.2) is 75.7 Å². The van der Waals surface area contributed by atoms with Gasteiger partial charge in [0.1, 0.15) is 0 Å². The quantitative estimate of drug-likeness (QED) is 0.327. The number of nitrogens with zero attached hydrogens (tertiary/aromatic N) is 4. The number of aryl methyl sites for hydroxylation is 2. The number of allylic oxidation sites excluding steroid dienone is 1. The fraction of sp³-hybridized carbons (Fsp3) is 0.281. The molecule has 4 aromatic rings. The van der Waals surface area contributed by atoms with E-state index in [1.165, 1.54) is 16.9 Å². The zero-order chi connectivity index (χ0) is 28.7. The van der Waals surface area contributed by atoms with Crippen molar-refractivity contribution >= 4 is 29.1 Å². The molecule has 40 heavy (non-hydrogen) atoms. The Morgan fingerprint density at radius 3 is 2.35 bits per heavy atom. The predicted octanol–water partition coefficient (Wildman–Crippen LogP) is 4.58. The number of fused-ring (bicyclic) bond motifs is 1. The molecule has 0 aliphatic carbocycles. The number of carbonyl (C=O) groups excluding carboxylic acids is 1. The van der Waals surface area contributed by atoms with Gasteiger partial charge in [0.25, 0.3) is 5.56 Å². The summed E-state index contributed by atoms with van der Waals surface area (Å²) in [5, 5.41) is 0. The first-order valence-electron chi connectivity index (χ1n) is 13.3. The van der Waals surface area contributed by atoms with E-state index < -0.39 is 12.0 Å². The fourth-order valence-electron chi connectivity index (χ4n) is 5.23. The first-order valence-corrected chi connectivity index (χ1v) is 14.1. The Labute approximate surface area is 238 Å². The Balaban J connectivity index is 1.67. The summed E-state index contributed by atoms with van der Waals surface area (Å²) in [6.45, 7) is 10.0. The summed E-state index contributed by atoms with van der Waals surface area (Å²) < 4.78 is 9.82. The van der Waals surface area contributed by atoms with Crippen LogP contribution in [0.4, 0.5) is 5.69 Å². The summed E-state index contributed by atoms with van der Waals surface area (Å²) in [5.74, 6) is -0.457. The standard InChI is InChI=1S/C32H34N4O3S/c1-8-39-31(38)28-21(4)33-32-36(29(28)23-11-15-25(16-12-23)34(6)7)30(37)27(40-32)18-24-17-20(3)35(22(24)5)26-13-9-19(2)10-14-26/h9-18,29H,8H2,1-7H3/b27-18+/t29-/m0/s1. The zero-order valence-corrected chi connectivity index (χ0v) is 24.8. The lowest BCUT2D eigenvalue weighted by Gasteiger charge is -2.25. The number of rotatable bonds is 6. The van der Waals surface area contributed by atoms with E-state index in [0.29, 0.717) is 20.6 Å². The van der Waals surface area contributed by atoms with Crippen LogP contribution in [0.1, 0.15) is 48.0 Å². The third-order valence-electron chi connectivity index (χ3n) is 7.29. The van der Waals surface area contributed by atoms with Crippen LogP contribution < -0.4 is 19.8 Å². The first-order chi connectivity index (χ1) is 19.1. The maximum atomic E-state index is 14.0. The maximum absolute atomic E-state index is 14.0. The number of carbonyl (C=O) groups is 1. The molecule has 2 aromatic heterocycles. The molecule has 0 fully saturated rings. The Morgan fingerprint density at radius 2 is 1.73 bits per heavy atom. The highest BCUT2D eigenvalue weighted by Gasteiger charge is 2.33. The van der Waals surface area contributed by atoms with Crippen LogP contribution in [0.3, 0.4) is 0 Å². The van der Waals surface area contributed by atoms with E-state index >= 15 is 0 Å². The van der Waals surface area contributed by atoms with Crippen LogP contribution in [-0.2, 0) is 9.53 Å². The molecular formula is C32H34N4O3S. The van der Waals surface area contributed by atoms with Crippen LogP contribution in [0.25, 0.3) is 11.8 Å². The van der Waals surface area contributed by atoms with Gasteiger partial charge in [-0.15, -0.1) is 0 Å². The first kappa shape index (κ1) is 27.4. The second-order valence-electron chi connectivity index (χ2n) is 10.3. The highest BCUT2D eigenvalue weighted by atomic mass is 32.1. The molecule has 0 saturated carbocycles. The maximum Gasteiger partial charge on any atom is 0.338 e. The summed E-state index contributed by atoms with van der Waals surface area (Å²) in [5.41, 5.74) is 8.00. The molecular weight excluding hydrogens is 520 g/mol. The topological polar surface area (TPSA) is 68.8 Å². The molecule has 1 aliphatic rings. The summed E-state index contributed by atoms with van der Waals surface area (Å²) in [6.07, 6.45) is 1.94. The van der Waals surface area contributed by atoms with Gasteiger partial charge in [-0.3, -0.25) is 9.36 Å². The van der Waals surface area contributed by atoms with Gasteiger partial charge in [0.2, 0.25) is 0 Å². The van der Waals surface area contributed by atoms with Crippen molar-refractivity contribution in [3.63, 3.8) is 0 Å². The molecule has 0 bridgehead atoms. The van der Waals surface area contributed by atoms with Crippen molar-refractivity contribution in [3.8, 4) is 5.69 Å². The Bertz CT molecular complexity index is 1800. The molecule has 5 rings (SSSR count). The van der Waals surface area contributed by atoms with Crippen LogP contribution >= 0.6 is 11.3 Å². The van der Waals surface area contributed by atoms with Gasteiger partial charge in [-0.1, -0.05) is 41.2 Å². The molecule has 7 nitrogen and oxygen atoms in total. The van der Waals surface area contributed by atoms with Gasteiger partial charge in [-0.25, -0.2) is 9.79 Å². The van der Waals surface area contributed by atoms with E-state index in [1.54, 1.807) is 18.4 Å². The summed E-state index contributed by atoms with van der Waals surface area (Å²) in [4.78, 5) is 34.4. The van der Waals surface area contributed by atoms with Crippen molar-refractivity contribution in [2.75, 3.05) is 25.6 Å². The lowest BCUT2D eigenvalue weighted by atomic mass is 9.95. The van der Waals surface area contributed by atoms with Crippen LogP contribution in [0.5, 0.6) is 0 Å². The van der Waals surface area contributed by atoms with Gasteiger partial charge in [-0.05, 0) is 82.2 Å². The predicted molar refractivity (Wildman–Crippen MR) is 161 cm³/mol. The Hall–Kier alpha value is -4.17. The number of benzene rings is 2. The van der Waals surface area contributed by atoms with Gasteiger partial charge in [0, 0.05) is 36.9 Å². The molecule has 0 saturated heterocycles. The van der Waals surface area contributed by atoms with Gasteiger partial charge in [-0.2, -0.15) is 0 Å². The van der Waals surface area contributed by atoms with E-state index in [9.17, 15) is 9.59 Å². The van der Waals surface area contributed by atoms with E-state index in [0.717, 1.165) is 33.9 Å². The molecule has 3 heterocycles. The molecule has 0 radical (unpaired) electrons. The third kappa shape index (κ3) is 4.84. The molecule has 1 aliphatic heterocycles. The highest BCUT2D eigenvalue weighted by molar-refractivity contribution is 7.07. The number of hydrogen-bond donors (Lipinski definition) is 0. The molecule has 0 unspecified atom stereocenters.